The van der Waals surface area contributed by atoms with Crippen LogP contribution in [0.5, 0.6) is 5.75 Å². The Morgan fingerprint density at radius 1 is 1.21 bits per heavy atom. The number of piperidine rings is 1. The Hall–Kier alpha value is -3.57. The number of nitrogens with one attached hydrogen (secondary N) is 3. The number of hydrogen-bond acceptors (Lipinski definition) is 6. The molecular formula is C21H22F3N5O4. The lowest BCUT2D eigenvalue weighted by Crippen LogP contribution is -2.41. The molecule has 0 aliphatic carbocycles. The van der Waals surface area contributed by atoms with E-state index in [2.05, 4.69) is 25.3 Å². The third-order valence-corrected chi connectivity index (χ3v) is 5.69. The van der Waals surface area contributed by atoms with Crippen molar-refractivity contribution in [2.75, 3.05) is 22.1 Å². The van der Waals surface area contributed by atoms with Crippen molar-refractivity contribution in [3.63, 3.8) is 0 Å². The van der Waals surface area contributed by atoms with E-state index in [9.17, 15) is 27.6 Å². The van der Waals surface area contributed by atoms with Gasteiger partial charge < -0.3 is 20.3 Å². The number of halogens is 3. The van der Waals surface area contributed by atoms with Crippen LogP contribution in [0.2, 0.25) is 0 Å². The number of carbonyl (C=O) groups is 2. The largest absolute Gasteiger partial charge is 0.573 e. The average molecular weight is 465 g/mol. The van der Waals surface area contributed by atoms with E-state index >= 15 is 0 Å². The molecule has 0 unspecified atom stereocenters. The molecule has 2 aliphatic heterocycles. The first-order chi connectivity index (χ1) is 15.6. The highest BCUT2D eigenvalue weighted by Gasteiger charge is 2.36. The fourth-order valence-electron chi connectivity index (χ4n) is 4.10. The lowest BCUT2D eigenvalue weighted by atomic mass is 9.92. The molecule has 4 rings (SSSR count). The number of ether oxygens (including phenoxy) is 1. The maximum Gasteiger partial charge on any atom is 0.573 e. The maximum atomic E-state index is 12.9. The average Bonchev–Trinajstić information content (AvgIpc) is 2.73. The minimum atomic E-state index is -4.83. The molecular weight excluding hydrogens is 443 g/mol. The molecule has 0 spiro atoms. The number of nitrogens with zero attached hydrogens (tertiary/aromatic N) is 2. The molecule has 2 atom stereocenters. The fraction of sp³-hybridized carbons (Fsp3) is 0.429. The summed E-state index contributed by atoms with van der Waals surface area (Å²) >= 11 is 0. The van der Waals surface area contributed by atoms with Crippen LogP contribution in [0.4, 0.5) is 30.6 Å². The highest BCUT2D eigenvalue weighted by molar-refractivity contribution is 6.04. The maximum absolute atomic E-state index is 12.9. The second kappa shape index (κ2) is 8.75. The second-order valence-corrected chi connectivity index (χ2v) is 8.06. The van der Waals surface area contributed by atoms with E-state index < -0.39 is 35.4 Å². The molecule has 9 nitrogen and oxygen atoms in total. The molecule has 176 valence electrons. The zero-order valence-corrected chi connectivity index (χ0v) is 17.7. The molecule has 1 saturated heterocycles. The van der Waals surface area contributed by atoms with Gasteiger partial charge in [0.15, 0.2) is 0 Å². The number of fused-ring (bicyclic) bond motifs is 1. The fourth-order valence-corrected chi connectivity index (χ4v) is 4.10. The summed E-state index contributed by atoms with van der Waals surface area (Å²) in [4.78, 5) is 47.2. The highest BCUT2D eigenvalue weighted by Crippen LogP contribution is 2.32. The molecule has 0 saturated carbocycles. The summed E-state index contributed by atoms with van der Waals surface area (Å²) in [6.07, 6.45) is -2.11. The Labute approximate surface area is 186 Å². The molecule has 3 heterocycles. The van der Waals surface area contributed by atoms with Gasteiger partial charge >= 0.3 is 6.36 Å². The van der Waals surface area contributed by atoms with Crippen molar-refractivity contribution in [3.05, 3.63) is 40.2 Å². The summed E-state index contributed by atoms with van der Waals surface area (Å²) in [5.41, 5.74) is -0.301. The van der Waals surface area contributed by atoms with Gasteiger partial charge in [-0.05, 0) is 50.5 Å². The zero-order valence-electron chi connectivity index (χ0n) is 17.7. The Bertz CT molecular complexity index is 1120. The van der Waals surface area contributed by atoms with E-state index in [1.807, 2.05) is 11.8 Å². The first-order valence-electron chi connectivity index (χ1n) is 10.5. The number of amides is 2. The van der Waals surface area contributed by atoms with Crippen LogP contribution in [0.3, 0.4) is 0 Å². The van der Waals surface area contributed by atoms with Gasteiger partial charge in [0, 0.05) is 24.7 Å². The molecule has 2 aromatic rings. The second-order valence-electron chi connectivity index (χ2n) is 8.06. The molecule has 33 heavy (non-hydrogen) atoms. The number of alkyl halides is 3. The molecule has 1 aromatic heterocycles. The van der Waals surface area contributed by atoms with Crippen molar-refractivity contribution in [1.29, 1.82) is 0 Å². The first-order valence-corrected chi connectivity index (χ1v) is 10.5. The smallest absolute Gasteiger partial charge is 0.406 e. The van der Waals surface area contributed by atoms with Gasteiger partial charge in [-0.1, -0.05) is 0 Å². The van der Waals surface area contributed by atoms with Crippen LogP contribution in [-0.2, 0) is 9.59 Å². The van der Waals surface area contributed by atoms with Crippen molar-refractivity contribution < 1.29 is 27.5 Å². The van der Waals surface area contributed by atoms with Crippen LogP contribution in [0.1, 0.15) is 44.1 Å². The number of carbonyl (C=O) groups excluding carboxylic acids is 2. The van der Waals surface area contributed by atoms with Crippen LogP contribution in [0.15, 0.2) is 29.1 Å². The van der Waals surface area contributed by atoms with Crippen molar-refractivity contribution >= 4 is 29.3 Å². The van der Waals surface area contributed by atoms with Crippen LogP contribution in [0.25, 0.3) is 0 Å². The summed E-state index contributed by atoms with van der Waals surface area (Å²) in [5, 5.41) is 5.10. The van der Waals surface area contributed by atoms with Crippen LogP contribution >= 0.6 is 0 Å². The Morgan fingerprint density at radius 3 is 2.61 bits per heavy atom. The van der Waals surface area contributed by atoms with Crippen LogP contribution < -0.4 is 25.8 Å². The van der Waals surface area contributed by atoms with Crippen molar-refractivity contribution in [3.8, 4) is 5.75 Å². The van der Waals surface area contributed by atoms with Gasteiger partial charge in [-0.3, -0.25) is 19.4 Å². The van der Waals surface area contributed by atoms with Gasteiger partial charge in [0.1, 0.15) is 11.6 Å². The monoisotopic (exact) mass is 465 g/mol. The molecule has 1 aromatic carbocycles. The van der Waals surface area contributed by atoms with Crippen molar-refractivity contribution in [2.24, 2.45) is 0 Å². The molecule has 2 aliphatic rings. The summed E-state index contributed by atoms with van der Waals surface area (Å²) in [6, 6.07) is 4.72. The van der Waals surface area contributed by atoms with Crippen molar-refractivity contribution in [1.82, 2.24) is 9.97 Å². The topological polar surface area (TPSA) is 116 Å². The van der Waals surface area contributed by atoms with Gasteiger partial charge in [-0.25, -0.2) is 0 Å². The van der Waals surface area contributed by atoms with Gasteiger partial charge in [0.25, 0.3) is 5.56 Å². The number of aromatic amines is 1. The Balaban J connectivity index is 1.56. The van der Waals surface area contributed by atoms with Crippen LogP contribution in [0, 0.1) is 0 Å². The summed E-state index contributed by atoms with van der Waals surface area (Å²) in [5.74, 6) is -2.29. The van der Waals surface area contributed by atoms with Gasteiger partial charge in [-0.15, -0.1) is 13.2 Å². The predicted molar refractivity (Wildman–Crippen MR) is 113 cm³/mol. The first kappa shape index (κ1) is 22.6. The lowest BCUT2D eigenvalue weighted by Gasteiger charge is -2.34. The molecule has 3 N–H and O–H groups in total. The molecule has 1 fully saturated rings. The van der Waals surface area contributed by atoms with E-state index in [0.29, 0.717) is 5.95 Å². The zero-order chi connectivity index (χ0) is 23.8. The van der Waals surface area contributed by atoms with E-state index in [-0.39, 0.29) is 29.5 Å². The number of H-pyrrole nitrogens is 1. The van der Waals surface area contributed by atoms with Gasteiger partial charge in [-0.2, -0.15) is 4.98 Å². The standard InChI is InChI=1S/C21H22F3N5O4/c1-11-4-2-3-9-29(11)20-27-17-16(19(32)28-20)14(10-15(30)26-17)18(31)25-12-5-7-13(8-6-12)33-21(22,23)24/h5-8,11,14H,2-4,9-10H2,1H3,(H,25,31)(H2,26,27,28,30,32)/t11-,14+/m0/s1. The van der Waals surface area contributed by atoms with E-state index in [1.54, 1.807) is 0 Å². The number of hydrogen-bond donors (Lipinski definition) is 3. The van der Waals surface area contributed by atoms with Crippen LogP contribution in [-0.4, -0.2) is 40.7 Å². The normalized spacial score (nSPS) is 20.6. The third-order valence-electron chi connectivity index (χ3n) is 5.69. The van der Waals surface area contributed by atoms with E-state index in [0.717, 1.165) is 37.9 Å². The number of rotatable bonds is 4. The SMILES string of the molecule is C[C@H]1CCCCN1c1nc2c(c(=O)[nH]1)[C@H](C(=O)Nc1ccc(OC(F)(F)F)cc1)CC(=O)N2. The van der Waals surface area contributed by atoms with E-state index in [4.69, 9.17) is 0 Å². The lowest BCUT2D eigenvalue weighted by molar-refractivity contribution is -0.274. The van der Waals surface area contributed by atoms with Crippen molar-refractivity contribution in [2.45, 2.75) is 50.9 Å². The number of benzene rings is 1. The summed E-state index contributed by atoms with van der Waals surface area (Å²) < 4.78 is 40.7. The molecule has 0 bridgehead atoms. The highest BCUT2D eigenvalue weighted by atomic mass is 19.4. The Kier molecular flexibility index (Phi) is 6.00. The summed E-state index contributed by atoms with van der Waals surface area (Å²) in [6.45, 7) is 2.74. The third kappa shape index (κ3) is 5.10. The molecule has 0 radical (unpaired) electrons. The minimum absolute atomic E-state index is 0.0387. The Morgan fingerprint density at radius 2 is 1.94 bits per heavy atom. The van der Waals surface area contributed by atoms with Gasteiger partial charge in [0.2, 0.25) is 17.8 Å². The molecule has 2 amide bonds. The quantitative estimate of drug-likeness (QED) is 0.639. The number of anilines is 3. The van der Waals surface area contributed by atoms with E-state index in [1.165, 1.54) is 12.1 Å². The van der Waals surface area contributed by atoms with Gasteiger partial charge in [0.05, 0.1) is 11.5 Å². The molecule has 12 heteroatoms. The predicted octanol–water partition coefficient (Wildman–Crippen LogP) is 3.11. The summed E-state index contributed by atoms with van der Waals surface area (Å²) in [7, 11) is 0. The number of aromatic nitrogens is 2. The minimum Gasteiger partial charge on any atom is -0.406 e.